The Morgan fingerprint density at radius 1 is 1.55 bits per heavy atom. The van der Waals surface area contributed by atoms with Crippen LogP contribution in [0, 0.1) is 16.0 Å². The summed E-state index contributed by atoms with van der Waals surface area (Å²) in [6, 6.07) is 4.55. The zero-order chi connectivity index (χ0) is 14.9. The van der Waals surface area contributed by atoms with E-state index in [0.29, 0.717) is 29.4 Å². The van der Waals surface area contributed by atoms with Crippen molar-refractivity contribution >= 4 is 22.7 Å². The van der Waals surface area contributed by atoms with Gasteiger partial charge in [-0.15, -0.1) is 0 Å². The van der Waals surface area contributed by atoms with Crippen LogP contribution in [0.2, 0.25) is 0 Å². The summed E-state index contributed by atoms with van der Waals surface area (Å²) in [6.07, 6.45) is 0. The molecule has 2 aromatic rings. The topological polar surface area (TPSA) is 110 Å². The number of H-pyrrole nitrogens is 1. The Morgan fingerprint density at radius 2 is 2.25 bits per heavy atom. The molecule has 2 rings (SSSR count). The van der Waals surface area contributed by atoms with Gasteiger partial charge in [0.25, 0.3) is 5.69 Å². The van der Waals surface area contributed by atoms with Crippen molar-refractivity contribution < 1.29 is 4.92 Å². The quantitative estimate of drug-likeness (QED) is 0.573. The van der Waals surface area contributed by atoms with E-state index in [0.717, 1.165) is 0 Å². The highest BCUT2D eigenvalue weighted by atomic mass is 16.6. The van der Waals surface area contributed by atoms with Gasteiger partial charge in [0.1, 0.15) is 0 Å². The first-order chi connectivity index (χ1) is 9.35. The minimum Gasteiger partial charge on any atom is -0.349 e. The number of anilines is 1. The number of nitro benzene ring substituents is 1. The van der Waals surface area contributed by atoms with Crippen molar-refractivity contribution in [3.63, 3.8) is 0 Å². The molecule has 0 saturated carbocycles. The average molecular weight is 277 g/mol. The summed E-state index contributed by atoms with van der Waals surface area (Å²) >= 11 is 0. The summed E-state index contributed by atoms with van der Waals surface area (Å²) in [5.74, 6) is 0.886. The van der Waals surface area contributed by atoms with Crippen LogP contribution in [0.15, 0.2) is 18.2 Å². The fourth-order valence-corrected chi connectivity index (χ4v) is 1.87. The molecule has 0 saturated heterocycles. The Bertz CT molecular complexity index is 637. The van der Waals surface area contributed by atoms with Crippen molar-refractivity contribution in [2.75, 3.05) is 11.9 Å². The van der Waals surface area contributed by atoms with Crippen LogP contribution in [0.25, 0.3) is 11.0 Å². The van der Waals surface area contributed by atoms with Crippen molar-refractivity contribution in [2.45, 2.75) is 26.3 Å². The van der Waals surface area contributed by atoms with E-state index in [2.05, 4.69) is 29.1 Å². The molecule has 1 aromatic heterocycles. The molecule has 0 amide bonds. The van der Waals surface area contributed by atoms with E-state index in [-0.39, 0.29) is 11.2 Å². The van der Waals surface area contributed by atoms with Gasteiger partial charge < -0.3 is 16.0 Å². The predicted octanol–water partition coefficient (Wildman–Crippen LogP) is 2.26. The van der Waals surface area contributed by atoms with Gasteiger partial charge in [-0.3, -0.25) is 10.1 Å². The van der Waals surface area contributed by atoms with Crippen molar-refractivity contribution in [3.8, 4) is 0 Å². The Balaban J connectivity index is 2.34. The number of non-ortho nitro benzene ring substituents is 1. The average Bonchev–Trinajstić information content (AvgIpc) is 2.78. The summed E-state index contributed by atoms with van der Waals surface area (Å²) < 4.78 is 0. The van der Waals surface area contributed by atoms with E-state index < -0.39 is 4.92 Å². The predicted molar refractivity (Wildman–Crippen MR) is 78.7 cm³/mol. The van der Waals surface area contributed by atoms with Gasteiger partial charge in [0.05, 0.1) is 21.5 Å². The first-order valence-corrected chi connectivity index (χ1v) is 6.48. The highest BCUT2D eigenvalue weighted by molar-refractivity contribution is 5.80. The highest BCUT2D eigenvalue weighted by Crippen LogP contribution is 2.24. The fraction of sp³-hybridized carbons (Fsp3) is 0.462. The van der Waals surface area contributed by atoms with Crippen molar-refractivity contribution in [1.82, 2.24) is 9.97 Å². The number of nitrogens with two attached hydrogens (primary N) is 1. The second-order valence-electron chi connectivity index (χ2n) is 5.45. The molecule has 0 bridgehead atoms. The molecule has 1 unspecified atom stereocenters. The minimum absolute atomic E-state index is 0.0400. The second-order valence-corrected chi connectivity index (χ2v) is 5.45. The van der Waals surface area contributed by atoms with Gasteiger partial charge >= 0.3 is 0 Å². The summed E-state index contributed by atoms with van der Waals surface area (Å²) in [5, 5.41) is 14.0. The summed E-state index contributed by atoms with van der Waals surface area (Å²) in [6.45, 7) is 6.63. The van der Waals surface area contributed by atoms with E-state index >= 15 is 0 Å². The van der Waals surface area contributed by atoms with Crippen LogP contribution in [-0.4, -0.2) is 27.0 Å². The van der Waals surface area contributed by atoms with Crippen LogP contribution < -0.4 is 11.1 Å². The van der Waals surface area contributed by atoms with E-state index in [1.807, 2.05) is 6.92 Å². The van der Waals surface area contributed by atoms with Gasteiger partial charge in [0, 0.05) is 18.7 Å². The van der Waals surface area contributed by atoms with E-state index in [1.54, 1.807) is 6.07 Å². The van der Waals surface area contributed by atoms with Crippen LogP contribution >= 0.6 is 0 Å². The lowest BCUT2D eigenvalue weighted by molar-refractivity contribution is -0.384. The molecule has 0 aliphatic heterocycles. The van der Waals surface area contributed by atoms with Crippen LogP contribution in [0.3, 0.4) is 0 Å². The second kappa shape index (κ2) is 5.09. The minimum atomic E-state index is -0.425. The number of aromatic nitrogens is 2. The molecule has 0 radical (unpaired) electrons. The molecule has 0 aliphatic carbocycles. The SMILES string of the molecule is CC(C)C(C)(CN)Nc1nc2ccc([N+](=O)[O-])cc2[nH]1. The molecule has 1 atom stereocenters. The maximum absolute atomic E-state index is 10.8. The molecule has 20 heavy (non-hydrogen) atoms. The van der Waals surface area contributed by atoms with E-state index in [1.165, 1.54) is 12.1 Å². The summed E-state index contributed by atoms with van der Waals surface area (Å²) in [5.41, 5.74) is 6.88. The van der Waals surface area contributed by atoms with Crippen molar-refractivity contribution in [2.24, 2.45) is 11.7 Å². The lowest BCUT2D eigenvalue weighted by Gasteiger charge is -2.33. The number of nitro groups is 1. The molecule has 0 spiro atoms. The zero-order valence-corrected chi connectivity index (χ0v) is 11.8. The van der Waals surface area contributed by atoms with Crippen LogP contribution in [-0.2, 0) is 0 Å². The molecule has 7 heteroatoms. The van der Waals surface area contributed by atoms with Gasteiger partial charge in [-0.05, 0) is 18.9 Å². The Kier molecular flexibility index (Phi) is 3.63. The number of nitrogens with one attached hydrogen (secondary N) is 2. The number of hydrogen-bond donors (Lipinski definition) is 3. The third-order valence-electron chi connectivity index (χ3n) is 3.78. The normalized spacial score (nSPS) is 14.4. The van der Waals surface area contributed by atoms with Crippen molar-refractivity contribution in [3.05, 3.63) is 28.3 Å². The lowest BCUT2D eigenvalue weighted by atomic mass is 9.89. The number of imidazole rings is 1. The molecule has 1 heterocycles. The first-order valence-electron chi connectivity index (χ1n) is 6.48. The Labute approximate surface area is 116 Å². The number of rotatable bonds is 5. The van der Waals surface area contributed by atoms with Gasteiger partial charge in [0.2, 0.25) is 5.95 Å². The smallest absolute Gasteiger partial charge is 0.271 e. The van der Waals surface area contributed by atoms with Crippen LogP contribution in [0.1, 0.15) is 20.8 Å². The summed E-state index contributed by atoms with van der Waals surface area (Å²) in [7, 11) is 0. The van der Waals surface area contributed by atoms with Crippen LogP contribution in [0.4, 0.5) is 11.6 Å². The molecule has 0 aliphatic rings. The first kappa shape index (κ1) is 14.3. The zero-order valence-electron chi connectivity index (χ0n) is 11.8. The fourth-order valence-electron chi connectivity index (χ4n) is 1.87. The molecular formula is C13H19N5O2. The molecule has 1 aromatic carbocycles. The molecular weight excluding hydrogens is 258 g/mol. The van der Waals surface area contributed by atoms with Gasteiger partial charge in [-0.2, -0.15) is 0 Å². The molecule has 4 N–H and O–H groups in total. The van der Waals surface area contributed by atoms with Crippen LogP contribution in [0.5, 0.6) is 0 Å². The number of nitrogens with zero attached hydrogens (tertiary/aromatic N) is 2. The number of fused-ring (bicyclic) bond motifs is 1. The van der Waals surface area contributed by atoms with Crippen molar-refractivity contribution in [1.29, 1.82) is 0 Å². The lowest BCUT2D eigenvalue weighted by Crippen LogP contribution is -2.47. The molecule has 0 fully saturated rings. The number of aromatic amines is 1. The largest absolute Gasteiger partial charge is 0.349 e. The third-order valence-corrected chi connectivity index (χ3v) is 3.78. The number of hydrogen-bond acceptors (Lipinski definition) is 5. The standard InChI is InChI=1S/C13H19N5O2/c1-8(2)13(3,7-14)17-12-15-10-5-4-9(18(19)20)6-11(10)16-12/h4-6,8H,7,14H2,1-3H3,(H2,15,16,17). The highest BCUT2D eigenvalue weighted by Gasteiger charge is 2.27. The monoisotopic (exact) mass is 277 g/mol. The third kappa shape index (κ3) is 2.57. The van der Waals surface area contributed by atoms with Gasteiger partial charge in [-0.1, -0.05) is 13.8 Å². The number of benzene rings is 1. The molecule has 108 valence electrons. The summed E-state index contributed by atoms with van der Waals surface area (Å²) in [4.78, 5) is 17.8. The van der Waals surface area contributed by atoms with E-state index in [4.69, 9.17) is 5.73 Å². The Morgan fingerprint density at radius 3 is 2.80 bits per heavy atom. The maximum Gasteiger partial charge on any atom is 0.271 e. The molecule has 7 nitrogen and oxygen atoms in total. The van der Waals surface area contributed by atoms with Gasteiger partial charge in [-0.25, -0.2) is 4.98 Å². The van der Waals surface area contributed by atoms with E-state index in [9.17, 15) is 10.1 Å². The van der Waals surface area contributed by atoms with Gasteiger partial charge in [0.15, 0.2) is 0 Å². The Hall–Kier alpha value is -2.15. The maximum atomic E-state index is 10.8.